The average Bonchev–Trinajstić information content (AvgIpc) is 2.76. The molecule has 1 aliphatic heterocycles. The van der Waals surface area contributed by atoms with Crippen LogP contribution in [0.2, 0.25) is 0 Å². The number of aliphatic hydroxyl groups is 1. The molecule has 1 N–H and O–H groups in total. The van der Waals surface area contributed by atoms with Crippen LogP contribution in [0.25, 0.3) is 0 Å². The van der Waals surface area contributed by atoms with Crippen LogP contribution in [0.5, 0.6) is 0 Å². The lowest BCUT2D eigenvalue weighted by molar-refractivity contribution is -0.0701. The summed E-state index contributed by atoms with van der Waals surface area (Å²) in [6.45, 7) is 2.87. The number of ether oxygens (including phenoxy) is 2. The van der Waals surface area contributed by atoms with Gasteiger partial charge in [-0.1, -0.05) is 45.4 Å². The van der Waals surface area contributed by atoms with E-state index in [2.05, 4.69) is 6.92 Å². The molecule has 96 valence electrons. The van der Waals surface area contributed by atoms with Crippen LogP contribution in [0.1, 0.15) is 58.3 Å². The van der Waals surface area contributed by atoms with Gasteiger partial charge < -0.3 is 14.6 Å². The molecule has 3 nitrogen and oxygen atoms in total. The van der Waals surface area contributed by atoms with E-state index in [-0.39, 0.29) is 19.0 Å². The zero-order valence-corrected chi connectivity index (χ0v) is 10.5. The fraction of sp³-hybridized carbons (Fsp3) is 1.00. The number of aliphatic hydroxyl groups excluding tert-OH is 1. The summed E-state index contributed by atoms with van der Waals surface area (Å²) in [5, 5.41) is 8.87. The first kappa shape index (κ1) is 13.9. The highest BCUT2D eigenvalue weighted by Crippen LogP contribution is 2.17. The summed E-state index contributed by atoms with van der Waals surface area (Å²) >= 11 is 0. The largest absolute Gasteiger partial charge is 0.394 e. The van der Waals surface area contributed by atoms with Gasteiger partial charge in [-0.3, -0.25) is 0 Å². The molecule has 3 heteroatoms. The Morgan fingerprint density at radius 1 is 1.06 bits per heavy atom. The monoisotopic (exact) mass is 230 g/mol. The minimum absolute atomic E-state index is 0.0622. The Kier molecular flexibility index (Phi) is 7.81. The van der Waals surface area contributed by atoms with Gasteiger partial charge in [-0.2, -0.15) is 0 Å². The Labute approximate surface area is 99.1 Å². The van der Waals surface area contributed by atoms with Crippen molar-refractivity contribution in [2.24, 2.45) is 0 Å². The van der Waals surface area contributed by atoms with Gasteiger partial charge in [0.25, 0.3) is 0 Å². The predicted octanol–water partition coefficient (Wildman–Crippen LogP) is 2.86. The van der Waals surface area contributed by atoms with E-state index in [0.29, 0.717) is 6.61 Å². The third-order valence-corrected chi connectivity index (χ3v) is 3.06. The minimum atomic E-state index is -0.0884. The van der Waals surface area contributed by atoms with E-state index in [0.717, 1.165) is 6.42 Å². The van der Waals surface area contributed by atoms with Crippen molar-refractivity contribution < 1.29 is 14.6 Å². The first-order valence-electron chi connectivity index (χ1n) is 6.74. The van der Waals surface area contributed by atoms with Crippen molar-refractivity contribution in [3.8, 4) is 0 Å². The van der Waals surface area contributed by atoms with Gasteiger partial charge in [0.1, 0.15) is 6.10 Å². The van der Waals surface area contributed by atoms with E-state index in [9.17, 15) is 0 Å². The van der Waals surface area contributed by atoms with Crippen molar-refractivity contribution in [1.29, 1.82) is 0 Å². The summed E-state index contributed by atoms with van der Waals surface area (Å²) in [5.74, 6) is 0. The topological polar surface area (TPSA) is 38.7 Å². The van der Waals surface area contributed by atoms with Crippen LogP contribution in [-0.2, 0) is 9.47 Å². The summed E-state index contributed by atoms with van der Waals surface area (Å²) in [5.41, 5.74) is 0. The molecule has 1 saturated heterocycles. The molecule has 0 saturated carbocycles. The van der Waals surface area contributed by atoms with Gasteiger partial charge in [0, 0.05) is 0 Å². The molecule has 0 radical (unpaired) electrons. The molecule has 2 atom stereocenters. The number of hydrogen-bond acceptors (Lipinski definition) is 3. The lowest BCUT2D eigenvalue weighted by Gasteiger charge is -2.09. The fourth-order valence-electron chi connectivity index (χ4n) is 2.02. The van der Waals surface area contributed by atoms with Crippen molar-refractivity contribution >= 4 is 0 Å². The molecule has 0 amide bonds. The highest BCUT2D eigenvalue weighted by molar-refractivity contribution is 4.63. The molecule has 1 heterocycles. The molecule has 1 fully saturated rings. The number of rotatable bonds is 9. The highest BCUT2D eigenvalue weighted by Gasteiger charge is 2.24. The van der Waals surface area contributed by atoms with Crippen molar-refractivity contribution in [1.82, 2.24) is 0 Å². The molecular weight excluding hydrogens is 204 g/mol. The Hall–Kier alpha value is -0.120. The van der Waals surface area contributed by atoms with Crippen LogP contribution in [-0.4, -0.2) is 30.7 Å². The third-order valence-electron chi connectivity index (χ3n) is 3.06. The van der Waals surface area contributed by atoms with Crippen LogP contribution in [0, 0.1) is 0 Å². The maximum absolute atomic E-state index is 8.87. The van der Waals surface area contributed by atoms with E-state index in [4.69, 9.17) is 14.6 Å². The van der Waals surface area contributed by atoms with Crippen LogP contribution in [0.3, 0.4) is 0 Å². The SMILES string of the molecule is CCCCCCCCC[C@H]1OC[C@H](CO)O1. The van der Waals surface area contributed by atoms with Crippen LogP contribution >= 0.6 is 0 Å². The van der Waals surface area contributed by atoms with Gasteiger partial charge in [-0.25, -0.2) is 0 Å². The Bertz CT molecular complexity index is 161. The Morgan fingerprint density at radius 2 is 1.75 bits per heavy atom. The van der Waals surface area contributed by atoms with E-state index in [1.807, 2.05) is 0 Å². The van der Waals surface area contributed by atoms with Crippen LogP contribution in [0.15, 0.2) is 0 Å². The van der Waals surface area contributed by atoms with E-state index < -0.39 is 0 Å². The number of unbranched alkanes of at least 4 members (excludes halogenated alkanes) is 6. The molecule has 0 aromatic carbocycles. The maximum Gasteiger partial charge on any atom is 0.158 e. The predicted molar refractivity (Wildman–Crippen MR) is 64.3 cm³/mol. The van der Waals surface area contributed by atoms with Crippen molar-refractivity contribution in [2.75, 3.05) is 13.2 Å². The molecule has 16 heavy (non-hydrogen) atoms. The zero-order valence-electron chi connectivity index (χ0n) is 10.5. The molecule has 0 bridgehead atoms. The van der Waals surface area contributed by atoms with Crippen molar-refractivity contribution in [3.63, 3.8) is 0 Å². The number of hydrogen-bond donors (Lipinski definition) is 1. The highest BCUT2D eigenvalue weighted by atomic mass is 16.7. The minimum Gasteiger partial charge on any atom is -0.394 e. The van der Waals surface area contributed by atoms with Gasteiger partial charge in [0.05, 0.1) is 13.2 Å². The van der Waals surface area contributed by atoms with Gasteiger partial charge in [0.15, 0.2) is 6.29 Å². The van der Waals surface area contributed by atoms with Crippen molar-refractivity contribution in [3.05, 3.63) is 0 Å². The summed E-state index contributed by atoms with van der Waals surface area (Å²) in [7, 11) is 0. The Balaban J connectivity index is 1.84. The second-order valence-electron chi connectivity index (χ2n) is 4.61. The van der Waals surface area contributed by atoms with E-state index in [1.165, 1.54) is 44.9 Å². The van der Waals surface area contributed by atoms with Gasteiger partial charge in [-0.05, 0) is 12.8 Å². The first-order valence-corrected chi connectivity index (χ1v) is 6.74. The molecular formula is C13H26O3. The molecule has 0 unspecified atom stereocenters. The van der Waals surface area contributed by atoms with Gasteiger partial charge >= 0.3 is 0 Å². The maximum atomic E-state index is 8.87. The van der Waals surface area contributed by atoms with Crippen LogP contribution in [0.4, 0.5) is 0 Å². The first-order chi connectivity index (χ1) is 7.86. The normalized spacial score (nSPS) is 25.1. The lowest BCUT2D eigenvalue weighted by Crippen LogP contribution is -2.16. The molecule has 0 aromatic heterocycles. The molecule has 1 rings (SSSR count). The second kappa shape index (κ2) is 8.97. The fourth-order valence-corrected chi connectivity index (χ4v) is 2.02. The standard InChI is InChI=1S/C13H26O3/c1-2-3-4-5-6-7-8-9-13-15-11-12(10-14)16-13/h12-14H,2-11H2,1H3/t12-,13-/m0/s1. The summed E-state index contributed by atoms with van der Waals surface area (Å²) in [4.78, 5) is 0. The zero-order chi connectivity index (χ0) is 11.6. The van der Waals surface area contributed by atoms with Crippen molar-refractivity contribution in [2.45, 2.75) is 70.7 Å². The van der Waals surface area contributed by atoms with Gasteiger partial charge in [-0.15, -0.1) is 0 Å². The summed E-state index contributed by atoms with van der Waals surface area (Å²) in [6.07, 6.45) is 10.0. The van der Waals surface area contributed by atoms with E-state index >= 15 is 0 Å². The Morgan fingerprint density at radius 3 is 2.38 bits per heavy atom. The molecule has 0 aliphatic carbocycles. The molecule has 1 aliphatic rings. The summed E-state index contributed by atoms with van der Waals surface area (Å²) < 4.78 is 10.9. The lowest BCUT2D eigenvalue weighted by atomic mass is 10.1. The smallest absolute Gasteiger partial charge is 0.158 e. The second-order valence-corrected chi connectivity index (χ2v) is 4.61. The van der Waals surface area contributed by atoms with Gasteiger partial charge in [0.2, 0.25) is 0 Å². The van der Waals surface area contributed by atoms with Crippen LogP contribution < -0.4 is 0 Å². The molecule has 0 aromatic rings. The third kappa shape index (κ3) is 5.83. The summed E-state index contributed by atoms with van der Waals surface area (Å²) in [6, 6.07) is 0. The molecule has 0 spiro atoms. The van der Waals surface area contributed by atoms with E-state index in [1.54, 1.807) is 0 Å². The average molecular weight is 230 g/mol. The quantitative estimate of drug-likeness (QED) is 0.619.